The number of rotatable bonds is 6. The summed E-state index contributed by atoms with van der Waals surface area (Å²) in [6.45, 7) is 5.03. The molecule has 0 bridgehead atoms. The number of likely N-dealkylation sites (N-methyl/N-ethyl adjacent to an activating group) is 1. The molecule has 0 aliphatic carbocycles. The summed E-state index contributed by atoms with van der Waals surface area (Å²) in [5.41, 5.74) is 1.84. The molecule has 0 radical (unpaired) electrons. The third kappa shape index (κ3) is 3.85. The van der Waals surface area contributed by atoms with E-state index in [-0.39, 0.29) is 11.9 Å². The van der Waals surface area contributed by atoms with Gasteiger partial charge in [-0.05, 0) is 38.7 Å². The molecular weight excluding hydrogens is 316 g/mol. The highest BCUT2D eigenvalue weighted by Gasteiger charge is 2.30. The van der Waals surface area contributed by atoms with Crippen molar-refractivity contribution in [2.75, 3.05) is 33.8 Å². The molecule has 1 aliphatic heterocycles. The fourth-order valence-corrected chi connectivity index (χ4v) is 3.26. The average molecular weight is 342 g/mol. The van der Waals surface area contributed by atoms with Crippen LogP contribution in [0.25, 0.3) is 0 Å². The Labute approximate surface area is 149 Å². The number of pyridine rings is 1. The van der Waals surface area contributed by atoms with Crippen LogP contribution in [0.5, 0.6) is 5.88 Å². The number of carbonyl (C=O) groups is 1. The first kappa shape index (κ1) is 17.5. The molecule has 6 heteroatoms. The third-order valence-corrected chi connectivity index (χ3v) is 4.58. The summed E-state index contributed by atoms with van der Waals surface area (Å²) in [6, 6.07) is 7.78. The SMILES string of the molecule is CC[C@@H]1c2cccn2CCN1C(=O)c1ccnc(OCCN(C)C)c1. The van der Waals surface area contributed by atoms with Crippen molar-refractivity contribution in [2.45, 2.75) is 25.9 Å². The minimum absolute atomic E-state index is 0.0409. The van der Waals surface area contributed by atoms with E-state index >= 15 is 0 Å². The zero-order chi connectivity index (χ0) is 17.8. The van der Waals surface area contributed by atoms with Crippen LogP contribution in [0.1, 0.15) is 35.4 Å². The van der Waals surface area contributed by atoms with Gasteiger partial charge in [0.05, 0.1) is 6.04 Å². The van der Waals surface area contributed by atoms with Crippen LogP contribution in [0, 0.1) is 0 Å². The molecule has 6 nitrogen and oxygen atoms in total. The third-order valence-electron chi connectivity index (χ3n) is 4.58. The van der Waals surface area contributed by atoms with Gasteiger partial charge in [-0.25, -0.2) is 4.98 Å². The minimum Gasteiger partial charge on any atom is -0.476 e. The van der Waals surface area contributed by atoms with Gasteiger partial charge < -0.3 is 19.1 Å². The monoisotopic (exact) mass is 342 g/mol. The molecule has 0 saturated heterocycles. The average Bonchev–Trinajstić information content (AvgIpc) is 3.09. The summed E-state index contributed by atoms with van der Waals surface area (Å²) in [7, 11) is 3.99. The van der Waals surface area contributed by atoms with Crippen LogP contribution in [-0.4, -0.2) is 59.0 Å². The van der Waals surface area contributed by atoms with Gasteiger partial charge in [-0.3, -0.25) is 4.79 Å². The van der Waals surface area contributed by atoms with E-state index in [0.717, 1.165) is 26.1 Å². The van der Waals surface area contributed by atoms with Crippen molar-refractivity contribution < 1.29 is 9.53 Å². The van der Waals surface area contributed by atoms with Crippen LogP contribution in [0.15, 0.2) is 36.7 Å². The quantitative estimate of drug-likeness (QED) is 0.809. The number of carbonyl (C=O) groups excluding carboxylic acids is 1. The molecule has 0 unspecified atom stereocenters. The Morgan fingerprint density at radius 2 is 2.20 bits per heavy atom. The van der Waals surface area contributed by atoms with Crippen molar-refractivity contribution in [3.8, 4) is 5.88 Å². The van der Waals surface area contributed by atoms with E-state index in [9.17, 15) is 4.79 Å². The summed E-state index contributed by atoms with van der Waals surface area (Å²) in [6.07, 6.45) is 4.63. The van der Waals surface area contributed by atoms with Gasteiger partial charge in [-0.2, -0.15) is 0 Å². The minimum atomic E-state index is 0.0409. The number of aromatic nitrogens is 2. The Balaban J connectivity index is 1.74. The van der Waals surface area contributed by atoms with E-state index in [1.54, 1.807) is 18.3 Å². The summed E-state index contributed by atoms with van der Waals surface area (Å²) in [5, 5.41) is 0. The second kappa shape index (κ2) is 7.70. The summed E-state index contributed by atoms with van der Waals surface area (Å²) in [4.78, 5) is 21.3. The maximum atomic E-state index is 13.1. The molecule has 25 heavy (non-hydrogen) atoms. The van der Waals surface area contributed by atoms with Crippen molar-refractivity contribution in [1.82, 2.24) is 19.4 Å². The Bertz CT molecular complexity index is 726. The smallest absolute Gasteiger partial charge is 0.254 e. The van der Waals surface area contributed by atoms with Crippen LogP contribution >= 0.6 is 0 Å². The molecule has 0 spiro atoms. The van der Waals surface area contributed by atoms with Crippen LogP contribution in [0.2, 0.25) is 0 Å². The van der Waals surface area contributed by atoms with Gasteiger partial charge in [0, 0.05) is 49.4 Å². The molecule has 3 rings (SSSR count). The van der Waals surface area contributed by atoms with E-state index in [0.29, 0.717) is 18.1 Å². The molecule has 134 valence electrons. The topological polar surface area (TPSA) is 50.6 Å². The standard InChI is InChI=1S/C19H26N4O2/c1-4-16-17-6-5-9-22(17)10-11-23(16)19(24)15-7-8-20-18(14-15)25-13-12-21(2)3/h5-9,14,16H,4,10-13H2,1-3H3/t16-/m1/s1. The Kier molecular flexibility index (Phi) is 5.38. The van der Waals surface area contributed by atoms with Crippen molar-refractivity contribution in [1.29, 1.82) is 0 Å². The van der Waals surface area contributed by atoms with Gasteiger partial charge in [0.15, 0.2) is 0 Å². The number of amides is 1. The van der Waals surface area contributed by atoms with E-state index in [4.69, 9.17) is 4.74 Å². The van der Waals surface area contributed by atoms with Gasteiger partial charge in [-0.1, -0.05) is 6.92 Å². The Morgan fingerprint density at radius 1 is 1.36 bits per heavy atom. The summed E-state index contributed by atoms with van der Waals surface area (Å²) in [5.74, 6) is 0.542. The van der Waals surface area contributed by atoms with Crippen LogP contribution in [0.3, 0.4) is 0 Å². The molecule has 3 heterocycles. The highest BCUT2D eigenvalue weighted by molar-refractivity contribution is 5.94. The molecule has 2 aromatic rings. The lowest BCUT2D eigenvalue weighted by Crippen LogP contribution is -2.41. The summed E-state index contributed by atoms with van der Waals surface area (Å²) >= 11 is 0. The number of nitrogens with zero attached hydrogens (tertiary/aromatic N) is 4. The number of fused-ring (bicyclic) bond motifs is 1. The predicted molar refractivity (Wildman–Crippen MR) is 96.8 cm³/mol. The number of ether oxygens (including phenoxy) is 1. The predicted octanol–water partition coefficient (Wildman–Crippen LogP) is 2.43. The second-order valence-electron chi connectivity index (χ2n) is 6.58. The molecule has 2 aromatic heterocycles. The molecule has 0 aromatic carbocycles. The van der Waals surface area contributed by atoms with Gasteiger partial charge in [0.2, 0.25) is 5.88 Å². The lowest BCUT2D eigenvalue weighted by atomic mass is 10.1. The van der Waals surface area contributed by atoms with Crippen LogP contribution in [-0.2, 0) is 6.54 Å². The molecule has 1 aliphatic rings. The fraction of sp³-hybridized carbons (Fsp3) is 0.474. The summed E-state index contributed by atoms with van der Waals surface area (Å²) < 4.78 is 7.90. The highest BCUT2D eigenvalue weighted by Crippen LogP contribution is 2.30. The van der Waals surface area contributed by atoms with Crippen LogP contribution in [0.4, 0.5) is 0 Å². The van der Waals surface area contributed by atoms with Crippen molar-refractivity contribution in [3.63, 3.8) is 0 Å². The Hall–Kier alpha value is -2.34. The van der Waals surface area contributed by atoms with Gasteiger partial charge in [0.1, 0.15) is 6.61 Å². The lowest BCUT2D eigenvalue weighted by molar-refractivity contribution is 0.0617. The zero-order valence-electron chi connectivity index (χ0n) is 15.2. The maximum Gasteiger partial charge on any atom is 0.254 e. The number of hydrogen-bond donors (Lipinski definition) is 0. The molecule has 0 N–H and O–H groups in total. The fourth-order valence-electron chi connectivity index (χ4n) is 3.26. The Morgan fingerprint density at radius 3 is 2.96 bits per heavy atom. The van der Waals surface area contributed by atoms with Gasteiger partial charge >= 0.3 is 0 Å². The second-order valence-corrected chi connectivity index (χ2v) is 6.58. The zero-order valence-corrected chi connectivity index (χ0v) is 15.2. The van der Waals surface area contributed by atoms with Gasteiger partial charge in [0.25, 0.3) is 5.91 Å². The first-order valence-corrected chi connectivity index (χ1v) is 8.79. The van der Waals surface area contributed by atoms with E-state index in [2.05, 4.69) is 34.8 Å². The maximum absolute atomic E-state index is 13.1. The van der Waals surface area contributed by atoms with Crippen molar-refractivity contribution in [3.05, 3.63) is 47.9 Å². The first-order chi connectivity index (χ1) is 12.1. The molecule has 1 amide bonds. The van der Waals surface area contributed by atoms with E-state index in [1.807, 2.05) is 23.9 Å². The van der Waals surface area contributed by atoms with E-state index in [1.165, 1.54) is 5.69 Å². The van der Waals surface area contributed by atoms with Crippen molar-refractivity contribution in [2.24, 2.45) is 0 Å². The van der Waals surface area contributed by atoms with E-state index < -0.39 is 0 Å². The van der Waals surface area contributed by atoms with Gasteiger partial charge in [-0.15, -0.1) is 0 Å². The molecule has 0 fully saturated rings. The molecule has 1 atom stereocenters. The molecular formula is C19H26N4O2. The first-order valence-electron chi connectivity index (χ1n) is 8.79. The lowest BCUT2D eigenvalue weighted by Gasteiger charge is -2.36. The molecule has 0 saturated carbocycles. The van der Waals surface area contributed by atoms with Crippen molar-refractivity contribution >= 4 is 5.91 Å². The van der Waals surface area contributed by atoms with Crippen LogP contribution < -0.4 is 4.74 Å². The largest absolute Gasteiger partial charge is 0.476 e. The number of hydrogen-bond acceptors (Lipinski definition) is 4. The highest BCUT2D eigenvalue weighted by atomic mass is 16.5. The normalized spacial score (nSPS) is 16.8.